The van der Waals surface area contributed by atoms with Crippen LogP contribution in [0.2, 0.25) is 0 Å². The fraction of sp³-hybridized carbons (Fsp3) is 0.688. The molecule has 19 heavy (non-hydrogen) atoms. The summed E-state index contributed by atoms with van der Waals surface area (Å²) in [6, 6.07) is 2.67. The van der Waals surface area contributed by atoms with Gasteiger partial charge >= 0.3 is 0 Å². The van der Waals surface area contributed by atoms with Gasteiger partial charge in [-0.05, 0) is 44.1 Å². The van der Waals surface area contributed by atoms with Gasteiger partial charge in [-0.15, -0.1) is 0 Å². The molecule has 0 aliphatic rings. The third-order valence-corrected chi connectivity index (χ3v) is 4.07. The Bertz CT molecular complexity index is 359. The van der Waals surface area contributed by atoms with Crippen molar-refractivity contribution in [3.63, 3.8) is 0 Å². The second-order valence-electron chi connectivity index (χ2n) is 5.54. The van der Waals surface area contributed by atoms with E-state index in [4.69, 9.17) is 0 Å². The molecule has 1 heterocycles. The fourth-order valence-corrected chi connectivity index (χ4v) is 2.64. The molecule has 1 atom stereocenters. The summed E-state index contributed by atoms with van der Waals surface area (Å²) in [6.07, 6.45) is 6.30. The smallest absolute Gasteiger partial charge is 0.0315 e. The van der Waals surface area contributed by atoms with Crippen LogP contribution in [0.3, 0.4) is 0 Å². The number of aryl methyl sites for hydroxylation is 1. The van der Waals surface area contributed by atoms with Gasteiger partial charge in [-0.2, -0.15) is 0 Å². The van der Waals surface area contributed by atoms with Crippen molar-refractivity contribution in [2.45, 2.75) is 46.2 Å². The zero-order chi connectivity index (χ0) is 14.3. The Morgan fingerprint density at radius 2 is 1.95 bits per heavy atom. The van der Waals surface area contributed by atoms with Crippen LogP contribution in [0, 0.1) is 12.8 Å². The van der Waals surface area contributed by atoms with Gasteiger partial charge in [0.05, 0.1) is 0 Å². The lowest BCUT2D eigenvalue weighted by Crippen LogP contribution is -2.42. The standard InChI is InChI=1S/C16H29N3/c1-6-14(7-2)16(19(4)5)12-18-11-15-10-17-9-8-13(15)3/h8-10,14,16,18H,6-7,11-12H2,1-5H3. The largest absolute Gasteiger partial charge is 0.311 e. The minimum atomic E-state index is 0.604. The first kappa shape index (κ1) is 16.1. The molecule has 1 unspecified atom stereocenters. The first-order valence-electron chi connectivity index (χ1n) is 7.36. The van der Waals surface area contributed by atoms with Crippen LogP contribution < -0.4 is 5.32 Å². The van der Waals surface area contributed by atoms with Gasteiger partial charge in [0.15, 0.2) is 0 Å². The van der Waals surface area contributed by atoms with Gasteiger partial charge in [0.25, 0.3) is 0 Å². The van der Waals surface area contributed by atoms with E-state index in [0.29, 0.717) is 6.04 Å². The molecule has 1 aromatic rings. The summed E-state index contributed by atoms with van der Waals surface area (Å²) in [5.41, 5.74) is 2.61. The summed E-state index contributed by atoms with van der Waals surface area (Å²) >= 11 is 0. The van der Waals surface area contributed by atoms with Gasteiger partial charge in [-0.25, -0.2) is 0 Å². The molecular weight excluding hydrogens is 234 g/mol. The SMILES string of the molecule is CCC(CC)C(CNCc1cnccc1C)N(C)C. The molecule has 0 saturated heterocycles. The fourth-order valence-electron chi connectivity index (χ4n) is 2.64. The van der Waals surface area contributed by atoms with Gasteiger partial charge in [0.2, 0.25) is 0 Å². The van der Waals surface area contributed by atoms with Gasteiger partial charge in [0.1, 0.15) is 0 Å². The molecule has 0 spiro atoms. The van der Waals surface area contributed by atoms with Crippen LogP contribution in [0.25, 0.3) is 0 Å². The van der Waals surface area contributed by atoms with Crippen molar-refractivity contribution in [3.8, 4) is 0 Å². The number of rotatable bonds is 8. The van der Waals surface area contributed by atoms with Crippen LogP contribution in [0.1, 0.15) is 37.8 Å². The Labute approximate surface area is 118 Å². The van der Waals surface area contributed by atoms with Gasteiger partial charge in [0, 0.05) is 31.5 Å². The molecule has 108 valence electrons. The molecule has 0 aliphatic heterocycles. The quantitative estimate of drug-likeness (QED) is 0.781. The highest BCUT2D eigenvalue weighted by molar-refractivity contribution is 5.20. The minimum Gasteiger partial charge on any atom is -0.311 e. The van der Waals surface area contributed by atoms with Crippen LogP contribution in [-0.4, -0.2) is 36.6 Å². The van der Waals surface area contributed by atoms with Crippen molar-refractivity contribution >= 4 is 0 Å². The number of hydrogen-bond acceptors (Lipinski definition) is 3. The molecule has 1 N–H and O–H groups in total. The maximum absolute atomic E-state index is 4.20. The van der Waals surface area contributed by atoms with Crippen molar-refractivity contribution < 1.29 is 0 Å². The number of nitrogens with one attached hydrogen (secondary N) is 1. The Balaban J connectivity index is 2.51. The van der Waals surface area contributed by atoms with Crippen LogP contribution >= 0.6 is 0 Å². The van der Waals surface area contributed by atoms with Crippen molar-refractivity contribution in [2.24, 2.45) is 5.92 Å². The van der Waals surface area contributed by atoms with Crippen molar-refractivity contribution in [1.29, 1.82) is 0 Å². The second-order valence-corrected chi connectivity index (χ2v) is 5.54. The van der Waals surface area contributed by atoms with Gasteiger partial charge in [-0.3, -0.25) is 4.98 Å². The van der Waals surface area contributed by atoms with E-state index in [9.17, 15) is 0 Å². The third-order valence-electron chi connectivity index (χ3n) is 4.07. The minimum absolute atomic E-state index is 0.604. The molecule has 1 rings (SSSR count). The molecule has 0 aromatic carbocycles. The van der Waals surface area contributed by atoms with E-state index in [2.05, 4.69) is 56.1 Å². The predicted octanol–water partition coefficient (Wildman–Crippen LogP) is 2.85. The van der Waals surface area contributed by atoms with Crippen molar-refractivity contribution in [3.05, 3.63) is 29.6 Å². The molecule has 0 fully saturated rings. The molecule has 0 radical (unpaired) electrons. The predicted molar refractivity (Wildman–Crippen MR) is 82.2 cm³/mol. The lowest BCUT2D eigenvalue weighted by atomic mass is 9.93. The van der Waals surface area contributed by atoms with E-state index < -0.39 is 0 Å². The maximum atomic E-state index is 4.20. The van der Waals surface area contributed by atoms with E-state index in [1.54, 1.807) is 0 Å². The number of likely N-dealkylation sites (N-methyl/N-ethyl adjacent to an activating group) is 1. The first-order chi connectivity index (χ1) is 9.10. The lowest BCUT2D eigenvalue weighted by Gasteiger charge is -2.31. The average molecular weight is 263 g/mol. The van der Waals surface area contributed by atoms with E-state index in [1.165, 1.54) is 24.0 Å². The Morgan fingerprint density at radius 1 is 1.26 bits per heavy atom. The Morgan fingerprint density at radius 3 is 2.47 bits per heavy atom. The normalized spacial score (nSPS) is 13.2. The number of pyridine rings is 1. The average Bonchev–Trinajstić information content (AvgIpc) is 2.40. The zero-order valence-electron chi connectivity index (χ0n) is 13.1. The summed E-state index contributed by atoms with van der Waals surface area (Å²) in [4.78, 5) is 6.54. The Hall–Kier alpha value is -0.930. The molecule has 0 bridgehead atoms. The highest BCUT2D eigenvalue weighted by Crippen LogP contribution is 2.16. The summed E-state index contributed by atoms with van der Waals surface area (Å²) in [7, 11) is 4.36. The summed E-state index contributed by atoms with van der Waals surface area (Å²) in [6.45, 7) is 8.66. The summed E-state index contributed by atoms with van der Waals surface area (Å²) < 4.78 is 0. The van der Waals surface area contributed by atoms with Crippen molar-refractivity contribution in [1.82, 2.24) is 15.2 Å². The molecule has 0 saturated carbocycles. The van der Waals surface area contributed by atoms with Crippen LogP contribution in [0.5, 0.6) is 0 Å². The molecule has 3 heteroatoms. The highest BCUT2D eigenvalue weighted by atomic mass is 15.1. The molecule has 3 nitrogen and oxygen atoms in total. The number of nitrogens with zero attached hydrogens (tertiary/aromatic N) is 2. The zero-order valence-corrected chi connectivity index (χ0v) is 13.1. The van der Waals surface area contributed by atoms with Crippen molar-refractivity contribution in [2.75, 3.05) is 20.6 Å². The first-order valence-corrected chi connectivity index (χ1v) is 7.36. The third kappa shape index (κ3) is 4.92. The van der Waals surface area contributed by atoms with Gasteiger partial charge in [-0.1, -0.05) is 26.7 Å². The summed E-state index contributed by atoms with van der Waals surface area (Å²) in [5, 5.41) is 3.59. The van der Waals surface area contributed by atoms with E-state index in [1.807, 2.05) is 12.4 Å². The number of aromatic nitrogens is 1. The number of hydrogen-bond donors (Lipinski definition) is 1. The van der Waals surface area contributed by atoms with E-state index in [-0.39, 0.29) is 0 Å². The maximum Gasteiger partial charge on any atom is 0.0315 e. The highest BCUT2D eigenvalue weighted by Gasteiger charge is 2.19. The van der Waals surface area contributed by atoms with Crippen LogP contribution in [-0.2, 0) is 6.54 Å². The van der Waals surface area contributed by atoms with Crippen LogP contribution in [0.15, 0.2) is 18.5 Å². The monoisotopic (exact) mass is 263 g/mol. The Kier molecular flexibility index (Phi) is 7.03. The molecular formula is C16H29N3. The molecule has 0 aliphatic carbocycles. The molecule has 1 aromatic heterocycles. The van der Waals surface area contributed by atoms with Crippen LogP contribution in [0.4, 0.5) is 0 Å². The molecule has 0 amide bonds. The van der Waals surface area contributed by atoms with E-state index in [0.717, 1.165) is 19.0 Å². The van der Waals surface area contributed by atoms with E-state index >= 15 is 0 Å². The lowest BCUT2D eigenvalue weighted by molar-refractivity contribution is 0.194. The second kappa shape index (κ2) is 8.28. The van der Waals surface area contributed by atoms with Gasteiger partial charge < -0.3 is 10.2 Å². The summed E-state index contributed by atoms with van der Waals surface area (Å²) in [5.74, 6) is 0.762. The topological polar surface area (TPSA) is 28.2 Å².